The van der Waals surface area contributed by atoms with E-state index in [1.807, 2.05) is 5.10 Å². The second-order valence-electron chi connectivity index (χ2n) is 5.02. The van der Waals surface area contributed by atoms with Crippen molar-refractivity contribution in [1.82, 2.24) is 15.4 Å². The lowest BCUT2D eigenvalue weighted by atomic mass is 10.0. The van der Waals surface area contributed by atoms with Crippen molar-refractivity contribution in [3.05, 3.63) is 46.5 Å². The smallest absolute Gasteiger partial charge is 0.380 e. The van der Waals surface area contributed by atoms with Crippen molar-refractivity contribution in [2.75, 3.05) is 7.11 Å². The zero-order chi connectivity index (χ0) is 18.2. The van der Waals surface area contributed by atoms with Crippen LogP contribution in [0.4, 0.5) is 17.6 Å². The van der Waals surface area contributed by atoms with Crippen molar-refractivity contribution < 1.29 is 26.8 Å². The summed E-state index contributed by atoms with van der Waals surface area (Å²) in [7, 11) is 1.34. The molecule has 2 aromatic heterocycles. The zero-order valence-corrected chi connectivity index (χ0v) is 13.4. The molecule has 132 valence electrons. The van der Waals surface area contributed by atoms with Gasteiger partial charge in [0.1, 0.15) is 11.5 Å². The van der Waals surface area contributed by atoms with Gasteiger partial charge < -0.3 is 9.26 Å². The summed E-state index contributed by atoms with van der Waals surface area (Å²) >= 11 is 6.01. The first-order valence-electron chi connectivity index (χ1n) is 6.87. The number of benzene rings is 1. The molecule has 1 N–H and O–H groups in total. The van der Waals surface area contributed by atoms with E-state index in [4.69, 9.17) is 20.9 Å². The number of H-pyrrole nitrogens is 1. The van der Waals surface area contributed by atoms with Crippen molar-refractivity contribution >= 4 is 11.6 Å². The third kappa shape index (κ3) is 3.12. The summed E-state index contributed by atoms with van der Waals surface area (Å²) in [6.45, 7) is -0.165. The van der Waals surface area contributed by atoms with E-state index in [9.17, 15) is 17.6 Å². The molecule has 0 unspecified atom stereocenters. The number of ether oxygens (including phenoxy) is 1. The molecule has 25 heavy (non-hydrogen) atoms. The molecule has 0 aliphatic heterocycles. The minimum Gasteiger partial charge on any atom is -0.380 e. The summed E-state index contributed by atoms with van der Waals surface area (Å²) in [5.74, 6) is -0.912. The third-order valence-electron chi connectivity index (χ3n) is 3.44. The van der Waals surface area contributed by atoms with Crippen LogP contribution in [-0.4, -0.2) is 22.5 Å². The summed E-state index contributed by atoms with van der Waals surface area (Å²) < 4.78 is 63.6. The normalized spacial score (nSPS) is 11.9. The first-order chi connectivity index (χ1) is 11.8. The first-order valence-corrected chi connectivity index (χ1v) is 7.25. The van der Waals surface area contributed by atoms with Crippen LogP contribution in [0.2, 0.25) is 5.02 Å². The largest absolute Gasteiger partial charge is 0.433 e. The standard InChI is InChI=1S/C15H10ClF4N3O2/c1-24-6-8-12(11-9(16)3-2-4-10(11)17)23-25-13(8)7-5-21-22-14(7)15(18,19)20/h2-5H,6H2,1H3,(H,21,22). The number of hydrogen-bond donors (Lipinski definition) is 1. The molecule has 3 aromatic rings. The maximum Gasteiger partial charge on any atom is 0.433 e. The van der Waals surface area contributed by atoms with Gasteiger partial charge in [0.2, 0.25) is 0 Å². The Morgan fingerprint density at radius 1 is 1.32 bits per heavy atom. The molecule has 5 nitrogen and oxygen atoms in total. The highest BCUT2D eigenvalue weighted by atomic mass is 35.5. The minimum absolute atomic E-state index is 0.0331. The molecule has 2 heterocycles. The molecular weight excluding hydrogens is 366 g/mol. The number of alkyl halides is 3. The van der Waals surface area contributed by atoms with Crippen LogP contribution >= 0.6 is 11.6 Å². The fourth-order valence-electron chi connectivity index (χ4n) is 2.39. The molecule has 1 aromatic carbocycles. The number of rotatable bonds is 4. The van der Waals surface area contributed by atoms with Crippen LogP contribution in [0, 0.1) is 5.82 Å². The Balaban J connectivity index is 2.22. The molecule has 3 rings (SSSR count). The average molecular weight is 376 g/mol. The molecule has 0 saturated carbocycles. The highest BCUT2D eigenvalue weighted by molar-refractivity contribution is 6.33. The second-order valence-corrected chi connectivity index (χ2v) is 5.43. The molecule has 0 atom stereocenters. The monoisotopic (exact) mass is 375 g/mol. The Morgan fingerprint density at radius 2 is 2.08 bits per heavy atom. The van der Waals surface area contributed by atoms with Gasteiger partial charge in [-0.2, -0.15) is 18.3 Å². The van der Waals surface area contributed by atoms with E-state index >= 15 is 0 Å². The van der Waals surface area contributed by atoms with E-state index in [1.54, 1.807) is 0 Å². The molecular formula is C15H10ClF4N3O2. The highest BCUT2D eigenvalue weighted by Crippen LogP contribution is 2.41. The van der Waals surface area contributed by atoms with E-state index < -0.39 is 17.7 Å². The average Bonchev–Trinajstić information content (AvgIpc) is 3.14. The number of aromatic amines is 1. The summed E-state index contributed by atoms with van der Waals surface area (Å²) in [5.41, 5.74) is -1.45. The Labute approximate surface area is 143 Å². The first kappa shape index (κ1) is 17.4. The third-order valence-corrected chi connectivity index (χ3v) is 3.76. The van der Waals surface area contributed by atoms with Gasteiger partial charge in [-0.15, -0.1) is 0 Å². The fraction of sp³-hybridized carbons (Fsp3) is 0.200. The summed E-state index contributed by atoms with van der Waals surface area (Å²) in [6.07, 6.45) is -3.73. The lowest BCUT2D eigenvalue weighted by Crippen LogP contribution is -2.07. The molecule has 0 saturated heterocycles. The van der Waals surface area contributed by atoms with Gasteiger partial charge in [-0.1, -0.05) is 22.8 Å². The van der Waals surface area contributed by atoms with Crippen molar-refractivity contribution in [3.8, 4) is 22.6 Å². The van der Waals surface area contributed by atoms with Gasteiger partial charge in [-0.3, -0.25) is 5.10 Å². The zero-order valence-electron chi connectivity index (χ0n) is 12.6. The van der Waals surface area contributed by atoms with Gasteiger partial charge >= 0.3 is 6.18 Å². The van der Waals surface area contributed by atoms with Crippen LogP contribution in [-0.2, 0) is 17.5 Å². The van der Waals surface area contributed by atoms with Gasteiger partial charge in [0.15, 0.2) is 11.5 Å². The van der Waals surface area contributed by atoms with Crippen LogP contribution in [0.15, 0.2) is 28.9 Å². The number of halogens is 5. The maximum absolute atomic E-state index is 14.2. The lowest BCUT2D eigenvalue weighted by Gasteiger charge is -2.07. The van der Waals surface area contributed by atoms with E-state index in [0.717, 1.165) is 12.3 Å². The second kappa shape index (κ2) is 6.49. The van der Waals surface area contributed by atoms with E-state index in [2.05, 4.69) is 10.3 Å². The SMILES string of the molecule is COCc1c(-c2c(F)cccc2Cl)noc1-c1cn[nH]c1C(F)(F)F. The van der Waals surface area contributed by atoms with Crippen molar-refractivity contribution in [2.45, 2.75) is 12.8 Å². The fourth-order valence-corrected chi connectivity index (χ4v) is 2.65. The van der Waals surface area contributed by atoms with Gasteiger partial charge in [-0.05, 0) is 12.1 Å². The van der Waals surface area contributed by atoms with Crippen LogP contribution < -0.4 is 0 Å². The van der Waals surface area contributed by atoms with Gasteiger partial charge in [0.25, 0.3) is 0 Å². The molecule has 0 spiro atoms. The molecule has 0 bridgehead atoms. The van der Waals surface area contributed by atoms with Crippen LogP contribution in [0.1, 0.15) is 11.3 Å². The number of methoxy groups -OCH3 is 1. The van der Waals surface area contributed by atoms with Crippen LogP contribution in [0.3, 0.4) is 0 Å². The Bertz CT molecular complexity index is 884. The van der Waals surface area contributed by atoms with Gasteiger partial charge in [0, 0.05) is 7.11 Å². The van der Waals surface area contributed by atoms with E-state index in [0.29, 0.717) is 0 Å². The maximum atomic E-state index is 14.2. The van der Waals surface area contributed by atoms with E-state index in [-0.39, 0.29) is 39.8 Å². The van der Waals surface area contributed by atoms with Crippen LogP contribution in [0.5, 0.6) is 0 Å². The topological polar surface area (TPSA) is 63.9 Å². The lowest BCUT2D eigenvalue weighted by molar-refractivity contribution is -0.140. The number of hydrogen-bond acceptors (Lipinski definition) is 4. The minimum atomic E-state index is -4.68. The Morgan fingerprint density at radius 3 is 2.72 bits per heavy atom. The van der Waals surface area contributed by atoms with Gasteiger partial charge in [0.05, 0.1) is 34.5 Å². The summed E-state index contributed by atoms with van der Waals surface area (Å²) in [4.78, 5) is 0. The highest BCUT2D eigenvalue weighted by Gasteiger charge is 2.38. The number of aromatic nitrogens is 3. The Hall–Kier alpha value is -2.39. The summed E-state index contributed by atoms with van der Waals surface area (Å²) in [6, 6.07) is 3.99. The number of nitrogens with one attached hydrogen (secondary N) is 1. The number of nitrogens with zero attached hydrogens (tertiary/aromatic N) is 2. The molecule has 10 heteroatoms. The van der Waals surface area contributed by atoms with E-state index in [1.165, 1.54) is 19.2 Å². The summed E-state index contributed by atoms with van der Waals surface area (Å²) in [5, 5.41) is 9.05. The molecule has 0 aliphatic carbocycles. The molecule has 0 aliphatic rings. The van der Waals surface area contributed by atoms with Crippen molar-refractivity contribution in [1.29, 1.82) is 0 Å². The molecule has 0 radical (unpaired) electrons. The van der Waals surface area contributed by atoms with Crippen molar-refractivity contribution in [3.63, 3.8) is 0 Å². The quantitative estimate of drug-likeness (QED) is 0.672. The predicted molar refractivity (Wildman–Crippen MR) is 80.2 cm³/mol. The molecule has 0 amide bonds. The Kier molecular flexibility index (Phi) is 4.53. The van der Waals surface area contributed by atoms with Crippen molar-refractivity contribution in [2.24, 2.45) is 0 Å². The molecule has 0 fully saturated rings. The predicted octanol–water partition coefficient (Wildman–Crippen LogP) is 4.69. The van der Waals surface area contributed by atoms with Gasteiger partial charge in [-0.25, -0.2) is 4.39 Å². The van der Waals surface area contributed by atoms with Crippen LogP contribution in [0.25, 0.3) is 22.6 Å².